The zero-order valence-corrected chi connectivity index (χ0v) is 12.5. The lowest BCUT2D eigenvalue weighted by Gasteiger charge is -2.09. The van der Waals surface area contributed by atoms with Crippen molar-refractivity contribution in [2.24, 2.45) is 0 Å². The Labute approximate surface area is 138 Å². The maximum Gasteiger partial charge on any atom is 0.416 e. The Morgan fingerprint density at radius 2 is 1.32 bits per heavy atom. The van der Waals surface area contributed by atoms with Crippen molar-refractivity contribution in [1.82, 2.24) is 0 Å². The van der Waals surface area contributed by atoms with Gasteiger partial charge in [0.2, 0.25) is 11.8 Å². The Morgan fingerprint density at radius 1 is 0.800 bits per heavy atom. The molecule has 0 saturated carbocycles. The molecule has 0 heterocycles. The van der Waals surface area contributed by atoms with E-state index in [-0.39, 0.29) is 11.4 Å². The largest absolute Gasteiger partial charge is 0.416 e. The van der Waals surface area contributed by atoms with Crippen LogP contribution in [0.4, 0.5) is 33.3 Å². The molecular formula is C16H11F5N2O2. The van der Waals surface area contributed by atoms with Crippen molar-refractivity contribution in [3.05, 3.63) is 59.7 Å². The summed E-state index contributed by atoms with van der Waals surface area (Å²) in [6.45, 7) is 0. The highest BCUT2D eigenvalue weighted by molar-refractivity contribution is 6.08. The lowest BCUT2D eigenvalue weighted by Crippen LogP contribution is -2.21. The summed E-state index contributed by atoms with van der Waals surface area (Å²) in [6, 6.07) is 6.36. The Kier molecular flexibility index (Phi) is 5.35. The quantitative estimate of drug-likeness (QED) is 0.642. The molecule has 0 aliphatic rings. The summed E-state index contributed by atoms with van der Waals surface area (Å²) in [5.74, 6) is -3.82. The van der Waals surface area contributed by atoms with Gasteiger partial charge in [-0.3, -0.25) is 9.59 Å². The first kappa shape index (κ1) is 18.4. The molecule has 0 unspecified atom stereocenters. The number of anilines is 2. The van der Waals surface area contributed by atoms with Gasteiger partial charge in [-0.2, -0.15) is 13.2 Å². The van der Waals surface area contributed by atoms with E-state index in [1.54, 1.807) is 0 Å². The second kappa shape index (κ2) is 7.29. The fourth-order valence-electron chi connectivity index (χ4n) is 1.87. The second-order valence-electron chi connectivity index (χ2n) is 4.98. The number of alkyl halides is 3. The number of carbonyl (C=O) groups is 2. The van der Waals surface area contributed by atoms with Gasteiger partial charge in [0.25, 0.3) is 0 Å². The summed E-state index contributed by atoms with van der Waals surface area (Å²) in [6.07, 6.45) is -5.15. The molecule has 2 rings (SSSR count). The van der Waals surface area contributed by atoms with Crippen LogP contribution in [-0.2, 0) is 15.8 Å². The Hall–Kier alpha value is -2.97. The van der Waals surface area contributed by atoms with Gasteiger partial charge in [0.15, 0.2) is 11.6 Å². The molecule has 0 saturated heterocycles. The second-order valence-corrected chi connectivity index (χ2v) is 4.98. The molecule has 0 bridgehead atoms. The van der Waals surface area contributed by atoms with Crippen LogP contribution in [0.2, 0.25) is 0 Å². The van der Waals surface area contributed by atoms with Gasteiger partial charge in [-0.05, 0) is 36.4 Å². The van der Waals surface area contributed by atoms with Crippen LogP contribution in [0.1, 0.15) is 12.0 Å². The Bertz CT molecular complexity index is 788. The predicted molar refractivity (Wildman–Crippen MR) is 79.7 cm³/mol. The van der Waals surface area contributed by atoms with E-state index in [2.05, 4.69) is 10.6 Å². The van der Waals surface area contributed by atoms with Gasteiger partial charge in [-0.25, -0.2) is 8.78 Å². The number of hydrogen-bond acceptors (Lipinski definition) is 2. The van der Waals surface area contributed by atoms with E-state index < -0.39 is 41.6 Å². The molecule has 0 radical (unpaired) electrons. The monoisotopic (exact) mass is 358 g/mol. The van der Waals surface area contributed by atoms with E-state index >= 15 is 0 Å². The van der Waals surface area contributed by atoms with E-state index in [9.17, 15) is 31.5 Å². The summed E-state index contributed by atoms with van der Waals surface area (Å²) in [4.78, 5) is 23.3. The number of amides is 2. The summed E-state index contributed by atoms with van der Waals surface area (Å²) in [7, 11) is 0. The molecule has 132 valence electrons. The van der Waals surface area contributed by atoms with Crippen molar-refractivity contribution in [2.45, 2.75) is 12.6 Å². The van der Waals surface area contributed by atoms with E-state index in [0.717, 1.165) is 42.5 Å². The van der Waals surface area contributed by atoms with E-state index in [4.69, 9.17) is 0 Å². The molecule has 2 aromatic carbocycles. The molecule has 0 aliphatic heterocycles. The third kappa shape index (κ3) is 5.27. The molecule has 0 atom stereocenters. The van der Waals surface area contributed by atoms with Crippen LogP contribution in [0.25, 0.3) is 0 Å². The van der Waals surface area contributed by atoms with Gasteiger partial charge in [0, 0.05) is 17.4 Å². The molecule has 4 nitrogen and oxygen atoms in total. The molecule has 25 heavy (non-hydrogen) atoms. The van der Waals surface area contributed by atoms with Gasteiger partial charge in [0.05, 0.1) is 5.56 Å². The average molecular weight is 358 g/mol. The molecular weight excluding hydrogens is 347 g/mol. The fourth-order valence-corrected chi connectivity index (χ4v) is 1.87. The van der Waals surface area contributed by atoms with Crippen LogP contribution < -0.4 is 10.6 Å². The number of rotatable bonds is 4. The molecule has 2 N–H and O–H groups in total. The number of hydrogen-bond donors (Lipinski definition) is 2. The third-order valence-electron chi connectivity index (χ3n) is 3.02. The van der Waals surface area contributed by atoms with Gasteiger partial charge in [-0.15, -0.1) is 0 Å². The maximum absolute atomic E-state index is 13.0. The molecule has 2 amide bonds. The zero-order valence-electron chi connectivity index (χ0n) is 12.5. The third-order valence-corrected chi connectivity index (χ3v) is 3.02. The van der Waals surface area contributed by atoms with Crippen molar-refractivity contribution in [1.29, 1.82) is 0 Å². The molecule has 0 aliphatic carbocycles. The summed E-state index contributed by atoms with van der Waals surface area (Å²) < 4.78 is 63.1. The summed E-state index contributed by atoms with van der Waals surface area (Å²) in [5.41, 5.74) is -0.827. The van der Waals surface area contributed by atoms with Crippen LogP contribution in [0.15, 0.2) is 42.5 Å². The van der Waals surface area contributed by atoms with Crippen molar-refractivity contribution in [2.75, 3.05) is 10.6 Å². The van der Waals surface area contributed by atoms with Crippen LogP contribution in [0.3, 0.4) is 0 Å². The standard InChI is InChI=1S/C16H11F5N2O2/c17-12-6-5-11(7-13(12)18)23-15(25)8-14(24)22-10-3-1-9(2-4-10)16(19,20)21/h1-7H,8H2,(H,22,24)(H,23,25). The van der Waals surface area contributed by atoms with Gasteiger partial charge in [0.1, 0.15) is 6.42 Å². The fraction of sp³-hybridized carbons (Fsp3) is 0.125. The minimum absolute atomic E-state index is 0.0359. The average Bonchev–Trinajstić information content (AvgIpc) is 2.50. The topological polar surface area (TPSA) is 58.2 Å². The Morgan fingerprint density at radius 3 is 1.84 bits per heavy atom. The van der Waals surface area contributed by atoms with Crippen LogP contribution in [0.5, 0.6) is 0 Å². The number of nitrogens with one attached hydrogen (secondary N) is 2. The van der Waals surface area contributed by atoms with Crippen molar-refractivity contribution in [3.8, 4) is 0 Å². The van der Waals surface area contributed by atoms with Crippen LogP contribution >= 0.6 is 0 Å². The molecule has 9 heteroatoms. The molecule has 2 aromatic rings. The summed E-state index contributed by atoms with van der Waals surface area (Å²) >= 11 is 0. The molecule has 0 fully saturated rings. The van der Waals surface area contributed by atoms with Gasteiger partial charge in [-0.1, -0.05) is 0 Å². The highest BCUT2D eigenvalue weighted by Crippen LogP contribution is 2.29. The number of carbonyl (C=O) groups excluding carboxylic acids is 2. The number of halogens is 5. The maximum atomic E-state index is 13.0. The Balaban J connectivity index is 1.91. The first-order valence-corrected chi connectivity index (χ1v) is 6.87. The van der Waals surface area contributed by atoms with Crippen molar-refractivity contribution in [3.63, 3.8) is 0 Å². The zero-order chi connectivity index (χ0) is 18.6. The molecule has 0 aromatic heterocycles. The van der Waals surface area contributed by atoms with Crippen molar-refractivity contribution >= 4 is 23.2 Å². The first-order valence-electron chi connectivity index (χ1n) is 6.87. The lowest BCUT2D eigenvalue weighted by atomic mass is 10.2. The first-order chi connectivity index (χ1) is 11.6. The molecule has 0 spiro atoms. The highest BCUT2D eigenvalue weighted by Gasteiger charge is 2.30. The van der Waals surface area contributed by atoms with Crippen LogP contribution in [0, 0.1) is 11.6 Å². The minimum Gasteiger partial charge on any atom is -0.326 e. The smallest absolute Gasteiger partial charge is 0.326 e. The van der Waals surface area contributed by atoms with Gasteiger partial charge < -0.3 is 10.6 Å². The predicted octanol–water partition coefficient (Wildman–Crippen LogP) is 3.95. The lowest BCUT2D eigenvalue weighted by molar-refractivity contribution is -0.137. The van der Waals surface area contributed by atoms with Crippen molar-refractivity contribution < 1.29 is 31.5 Å². The van der Waals surface area contributed by atoms with Crippen LogP contribution in [-0.4, -0.2) is 11.8 Å². The van der Waals surface area contributed by atoms with E-state index in [1.165, 1.54) is 0 Å². The van der Waals surface area contributed by atoms with E-state index in [0.29, 0.717) is 0 Å². The normalized spacial score (nSPS) is 11.1. The summed E-state index contributed by atoms with van der Waals surface area (Å²) in [5, 5.41) is 4.46. The highest BCUT2D eigenvalue weighted by atomic mass is 19.4. The number of benzene rings is 2. The van der Waals surface area contributed by atoms with E-state index in [1.807, 2.05) is 0 Å². The SMILES string of the molecule is O=C(CC(=O)Nc1ccc(F)c(F)c1)Nc1ccc(C(F)(F)F)cc1. The van der Waals surface area contributed by atoms with Gasteiger partial charge >= 0.3 is 6.18 Å². The minimum atomic E-state index is -4.49.